The van der Waals surface area contributed by atoms with Crippen LogP contribution in [-0.4, -0.2) is 25.6 Å². The van der Waals surface area contributed by atoms with Gasteiger partial charge in [0.1, 0.15) is 5.75 Å². The van der Waals surface area contributed by atoms with Crippen molar-refractivity contribution in [3.8, 4) is 5.75 Å². The van der Waals surface area contributed by atoms with E-state index in [0.29, 0.717) is 5.75 Å². The molecule has 4 nitrogen and oxygen atoms in total. The molecule has 0 aromatic heterocycles. The van der Waals surface area contributed by atoms with Crippen LogP contribution in [0.15, 0.2) is 48.5 Å². The van der Waals surface area contributed by atoms with Crippen LogP contribution < -0.4 is 15.0 Å². The quantitative estimate of drug-likeness (QED) is 0.658. The molecule has 2 rings (SSSR count). The lowest BCUT2D eigenvalue weighted by molar-refractivity contribution is -0.118. The summed E-state index contributed by atoms with van der Waals surface area (Å²) in [6.45, 7) is 12.8. The van der Waals surface area contributed by atoms with Gasteiger partial charge >= 0.3 is 0 Å². The van der Waals surface area contributed by atoms with Crippen molar-refractivity contribution in [1.29, 1.82) is 0 Å². The van der Waals surface area contributed by atoms with E-state index in [1.54, 1.807) is 0 Å². The van der Waals surface area contributed by atoms with Gasteiger partial charge in [-0.15, -0.1) is 0 Å². The molecule has 0 radical (unpaired) electrons. The smallest absolute Gasteiger partial charge is 0.262 e. The van der Waals surface area contributed by atoms with Gasteiger partial charge in [0, 0.05) is 24.5 Å². The Morgan fingerprint density at radius 1 is 0.963 bits per heavy atom. The van der Waals surface area contributed by atoms with E-state index in [0.717, 1.165) is 30.9 Å². The first-order chi connectivity index (χ1) is 12.9. The molecular weight excluding hydrogens is 336 g/mol. The van der Waals surface area contributed by atoms with Crippen LogP contribution in [0.3, 0.4) is 0 Å². The predicted octanol–water partition coefficient (Wildman–Crippen LogP) is 5.24. The Balaban J connectivity index is 1.87. The van der Waals surface area contributed by atoms with Crippen LogP contribution in [0.25, 0.3) is 0 Å². The number of nitrogens with one attached hydrogen (secondary N) is 1. The maximum Gasteiger partial charge on any atom is 0.262 e. The van der Waals surface area contributed by atoms with Gasteiger partial charge in [-0.2, -0.15) is 0 Å². The normalized spacial score (nSPS) is 11.1. The lowest BCUT2D eigenvalue weighted by Crippen LogP contribution is -2.22. The molecule has 0 bridgehead atoms. The highest BCUT2D eigenvalue weighted by Crippen LogP contribution is 2.28. The van der Waals surface area contributed by atoms with E-state index in [2.05, 4.69) is 57.0 Å². The number of nitrogens with zero attached hydrogens (tertiary/aromatic N) is 1. The van der Waals surface area contributed by atoms with E-state index in [1.807, 2.05) is 36.4 Å². The van der Waals surface area contributed by atoms with Crippen LogP contribution in [0.1, 0.15) is 46.6 Å². The first-order valence-corrected chi connectivity index (χ1v) is 9.77. The van der Waals surface area contributed by atoms with Crippen molar-refractivity contribution in [3.05, 3.63) is 54.1 Å². The topological polar surface area (TPSA) is 41.6 Å². The number of carbonyl (C=O) groups is 1. The van der Waals surface area contributed by atoms with E-state index in [-0.39, 0.29) is 17.9 Å². The Morgan fingerprint density at radius 3 is 2.07 bits per heavy atom. The van der Waals surface area contributed by atoms with Crippen LogP contribution in [0.2, 0.25) is 0 Å². The minimum Gasteiger partial charge on any atom is -0.484 e. The highest BCUT2D eigenvalue weighted by atomic mass is 16.5. The third-order valence-electron chi connectivity index (χ3n) is 5.17. The molecule has 1 amide bonds. The molecule has 27 heavy (non-hydrogen) atoms. The number of hydrogen-bond acceptors (Lipinski definition) is 3. The Bertz CT molecular complexity index is 717. The SMILES string of the molecule is CCN(CC)c1ccc(NC(=O)COc2ccc(C(C)(C)CC)cc2)cc1. The van der Waals surface area contributed by atoms with Crippen LogP contribution in [-0.2, 0) is 10.2 Å². The molecule has 4 heteroatoms. The number of ether oxygens (including phenoxy) is 1. The average molecular weight is 369 g/mol. The van der Waals surface area contributed by atoms with Gasteiger partial charge in [0.2, 0.25) is 0 Å². The van der Waals surface area contributed by atoms with Gasteiger partial charge < -0.3 is 15.0 Å². The van der Waals surface area contributed by atoms with Crippen molar-refractivity contribution in [2.24, 2.45) is 0 Å². The van der Waals surface area contributed by atoms with Crippen LogP contribution >= 0.6 is 0 Å². The number of hydrogen-bond donors (Lipinski definition) is 1. The molecule has 1 N–H and O–H groups in total. The van der Waals surface area contributed by atoms with Crippen molar-refractivity contribution >= 4 is 17.3 Å². The molecule has 2 aromatic rings. The number of anilines is 2. The summed E-state index contributed by atoms with van der Waals surface area (Å²) in [4.78, 5) is 14.4. The number of rotatable bonds is 9. The minimum absolute atomic E-state index is 0.00564. The van der Waals surface area contributed by atoms with E-state index >= 15 is 0 Å². The van der Waals surface area contributed by atoms with Crippen LogP contribution in [0.5, 0.6) is 5.75 Å². The summed E-state index contributed by atoms with van der Waals surface area (Å²) in [5.74, 6) is 0.543. The van der Waals surface area contributed by atoms with Crippen molar-refractivity contribution in [2.75, 3.05) is 29.9 Å². The first-order valence-electron chi connectivity index (χ1n) is 9.77. The molecule has 0 saturated carbocycles. The predicted molar refractivity (Wildman–Crippen MR) is 114 cm³/mol. The van der Waals surface area contributed by atoms with Gasteiger partial charge in [0.05, 0.1) is 0 Å². The van der Waals surface area contributed by atoms with Gasteiger partial charge in [0.25, 0.3) is 5.91 Å². The van der Waals surface area contributed by atoms with Gasteiger partial charge in [-0.1, -0.05) is 32.9 Å². The standard InChI is InChI=1S/C23H32N2O2/c1-6-23(4,5)18-9-15-21(16-10-18)27-17-22(26)24-19-11-13-20(14-12-19)25(7-2)8-3/h9-16H,6-8,17H2,1-5H3,(H,24,26). The molecule has 0 heterocycles. The number of benzene rings is 2. The summed E-state index contributed by atoms with van der Waals surface area (Å²) in [7, 11) is 0. The fourth-order valence-corrected chi connectivity index (χ4v) is 2.90. The number of carbonyl (C=O) groups excluding carboxylic acids is 1. The molecule has 0 unspecified atom stereocenters. The summed E-state index contributed by atoms with van der Waals surface area (Å²) in [5.41, 5.74) is 3.35. The highest BCUT2D eigenvalue weighted by molar-refractivity contribution is 5.92. The third kappa shape index (κ3) is 5.75. The Morgan fingerprint density at radius 2 is 1.56 bits per heavy atom. The Hall–Kier alpha value is -2.49. The summed E-state index contributed by atoms with van der Waals surface area (Å²) >= 11 is 0. The monoisotopic (exact) mass is 368 g/mol. The fourth-order valence-electron chi connectivity index (χ4n) is 2.90. The maximum atomic E-state index is 12.1. The third-order valence-corrected chi connectivity index (χ3v) is 5.17. The Labute approximate surface area is 163 Å². The maximum absolute atomic E-state index is 12.1. The van der Waals surface area contributed by atoms with Crippen LogP contribution in [0, 0.1) is 0 Å². The molecule has 0 aliphatic rings. The van der Waals surface area contributed by atoms with Crippen LogP contribution in [0.4, 0.5) is 11.4 Å². The molecule has 0 aliphatic carbocycles. The molecule has 0 aliphatic heterocycles. The lowest BCUT2D eigenvalue weighted by Gasteiger charge is -2.23. The summed E-state index contributed by atoms with van der Waals surface area (Å²) < 4.78 is 5.62. The number of amides is 1. The van der Waals surface area contributed by atoms with E-state index in [9.17, 15) is 4.79 Å². The zero-order valence-electron chi connectivity index (χ0n) is 17.2. The van der Waals surface area contributed by atoms with E-state index < -0.39 is 0 Å². The summed E-state index contributed by atoms with van der Waals surface area (Å²) in [6.07, 6.45) is 1.07. The highest BCUT2D eigenvalue weighted by Gasteiger charge is 2.17. The minimum atomic E-state index is -0.163. The summed E-state index contributed by atoms with van der Waals surface area (Å²) in [6, 6.07) is 15.9. The van der Waals surface area contributed by atoms with Gasteiger partial charge in [-0.25, -0.2) is 0 Å². The zero-order chi connectivity index (χ0) is 19.9. The Kier molecular flexibility index (Phi) is 7.28. The second-order valence-electron chi connectivity index (χ2n) is 7.32. The molecule has 0 spiro atoms. The molecule has 146 valence electrons. The molecule has 0 saturated heterocycles. The fraction of sp³-hybridized carbons (Fsp3) is 0.435. The second-order valence-corrected chi connectivity index (χ2v) is 7.32. The van der Waals surface area contributed by atoms with Gasteiger partial charge in [0.15, 0.2) is 6.61 Å². The van der Waals surface area contributed by atoms with E-state index in [1.165, 1.54) is 5.56 Å². The molecule has 2 aromatic carbocycles. The average Bonchev–Trinajstić information content (AvgIpc) is 2.69. The van der Waals surface area contributed by atoms with Crippen molar-refractivity contribution in [1.82, 2.24) is 0 Å². The zero-order valence-corrected chi connectivity index (χ0v) is 17.2. The molecule has 0 atom stereocenters. The van der Waals surface area contributed by atoms with E-state index in [4.69, 9.17) is 4.74 Å². The van der Waals surface area contributed by atoms with Crippen molar-refractivity contribution < 1.29 is 9.53 Å². The van der Waals surface area contributed by atoms with Gasteiger partial charge in [-0.3, -0.25) is 4.79 Å². The largest absolute Gasteiger partial charge is 0.484 e. The van der Waals surface area contributed by atoms with Crippen molar-refractivity contribution in [2.45, 2.75) is 46.5 Å². The molecular formula is C23H32N2O2. The first kappa shape index (κ1) is 20.8. The van der Waals surface area contributed by atoms with Gasteiger partial charge in [-0.05, 0) is 67.6 Å². The van der Waals surface area contributed by atoms with Crippen molar-refractivity contribution in [3.63, 3.8) is 0 Å². The molecule has 0 fully saturated rings. The second kappa shape index (κ2) is 9.45. The summed E-state index contributed by atoms with van der Waals surface area (Å²) in [5, 5.41) is 2.88. The lowest BCUT2D eigenvalue weighted by atomic mass is 9.82.